The molecular formula is C13H23N3. The molecule has 1 fully saturated rings. The van der Waals surface area contributed by atoms with Gasteiger partial charge in [0.2, 0.25) is 0 Å². The Morgan fingerprint density at radius 1 is 1.50 bits per heavy atom. The first-order chi connectivity index (χ1) is 7.52. The van der Waals surface area contributed by atoms with E-state index in [1.54, 1.807) is 0 Å². The molecular weight excluding hydrogens is 198 g/mol. The fourth-order valence-electron chi connectivity index (χ4n) is 3.10. The molecule has 1 aromatic rings. The second-order valence-electron chi connectivity index (χ2n) is 5.75. The quantitative estimate of drug-likeness (QED) is 0.834. The van der Waals surface area contributed by atoms with Crippen LogP contribution in [-0.2, 0) is 7.05 Å². The van der Waals surface area contributed by atoms with Crippen LogP contribution in [0.4, 0.5) is 0 Å². The van der Waals surface area contributed by atoms with Crippen LogP contribution in [0.3, 0.4) is 0 Å². The molecule has 2 rings (SSSR count). The van der Waals surface area contributed by atoms with Crippen LogP contribution in [0.5, 0.6) is 0 Å². The van der Waals surface area contributed by atoms with Crippen molar-refractivity contribution in [1.82, 2.24) is 9.78 Å². The van der Waals surface area contributed by atoms with Gasteiger partial charge in [-0.1, -0.05) is 26.7 Å². The SMILES string of the molecule is Cn1nccc1C(N)C1CCCCC1(C)C. The zero-order valence-corrected chi connectivity index (χ0v) is 10.6. The largest absolute Gasteiger partial charge is 0.322 e. The smallest absolute Gasteiger partial charge is 0.0551 e. The van der Waals surface area contributed by atoms with Gasteiger partial charge in [-0.05, 0) is 30.2 Å². The average molecular weight is 221 g/mol. The van der Waals surface area contributed by atoms with Crippen molar-refractivity contribution in [2.75, 3.05) is 0 Å². The highest BCUT2D eigenvalue weighted by Gasteiger charge is 2.37. The van der Waals surface area contributed by atoms with E-state index >= 15 is 0 Å². The Hall–Kier alpha value is -0.830. The number of hydrogen-bond donors (Lipinski definition) is 1. The lowest BCUT2D eigenvalue weighted by Gasteiger charge is -2.42. The van der Waals surface area contributed by atoms with Crippen LogP contribution in [0.15, 0.2) is 12.3 Å². The zero-order chi connectivity index (χ0) is 11.8. The number of aromatic nitrogens is 2. The summed E-state index contributed by atoms with van der Waals surface area (Å²) in [5, 5.41) is 4.22. The van der Waals surface area contributed by atoms with Gasteiger partial charge >= 0.3 is 0 Å². The van der Waals surface area contributed by atoms with E-state index in [9.17, 15) is 0 Å². The fourth-order valence-corrected chi connectivity index (χ4v) is 3.10. The Balaban J connectivity index is 2.20. The first-order valence-corrected chi connectivity index (χ1v) is 6.26. The standard InChI is InChI=1S/C13H23N3/c1-13(2)8-5-4-6-10(13)12(14)11-7-9-15-16(11)3/h7,9-10,12H,4-6,8,14H2,1-3H3. The molecule has 16 heavy (non-hydrogen) atoms. The second-order valence-corrected chi connectivity index (χ2v) is 5.75. The maximum absolute atomic E-state index is 6.43. The van der Waals surface area contributed by atoms with Crippen LogP contribution in [0.2, 0.25) is 0 Å². The van der Waals surface area contributed by atoms with Crippen molar-refractivity contribution in [3.8, 4) is 0 Å². The van der Waals surface area contributed by atoms with Gasteiger partial charge in [-0.2, -0.15) is 5.10 Å². The first-order valence-electron chi connectivity index (χ1n) is 6.26. The van der Waals surface area contributed by atoms with Gasteiger partial charge in [0.1, 0.15) is 0 Å². The molecule has 1 aliphatic rings. The first kappa shape index (κ1) is 11.6. The van der Waals surface area contributed by atoms with Gasteiger partial charge in [0.05, 0.1) is 11.7 Å². The molecule has 0 saturated heterocycles. The van der Waals surface area contributed by atoms with Gasteiger partial charge in [0.15, 0.2) is 0 Å². The number of aryl methyl sites for hydroxylation is 1. The Morgan fingerprint density at radius 3 is 2.81 bits per heavy atom. The van der Waals surface area contributed by atoms with Gasteiger partial charge < -0.3 is 5.73 Å². The summed E-state index contributed by atoms with van der Waals surface area (Å²) in [7, 11) is 1.98. The summed E-state index contributed by atoms with van der Waals surface area (Å²) in [6.45, 7) is 4.71. The zero-order valence-electron chi connectivity index (χ0n) is 10.6. The molecule has 0 radical (unpaired) electrons. The summed E-state index contributed by atoms with van der Waals surface area (Å²) in [4.78, 5) is 0. The molecule has 1 saturated carbocycles. The van der Waals surface area contributed by atoms with E-state index in [2.05, 4.69) is 25.0 Å². The summed E-state index contributed by atoms with van der Waals surface area (Å²) in [6.07, 6.45) is 7.05. The highest BCUT2D eigenvalue weighted by molar-refractivity contribution is 5.09. The maximum atomic E-state index is 6.43. The van der Waals surface area contributed by atoms with Gasteiger partial charge in [-0.25, -0.2) is 0 Å². The minimum Gasteiger partial charge on any atom is -0.322 e. The highest BCUT2D eigenvalue weighted by Crippen LogP contribution is 2.45. The summed E-state index contributed by atoms with van der Waals surface area (Å²) < 4.78 is 1.91. The van der Waals surface area contributed by atoms with E-state index in [1.807, 2.05) is 17.9 Å². The lowest BCUT2D eigenvalue weighted by atomic mass is 9.65. The van der Waals surface area contributed by atoms with Crippen molar-refractivity contribution in [2.45, 2.75) is 45.6 Å². The third-order valence-electron chi connectivity index (χ3n) is 4.22. The molecule has 2 atom stereocenters. The number of nitrogens with two attached hydrogens (primary N) is 1. The summed E-state index contributed by atoms with van der Waals surface area (Å²) >= 11 is 0. The molecule has 90 valence electrons. The maximum Gasteiger partial charge on any atom is 0.0551 e. The highest BCUT2D eigenvalue weighted by atomic mass is 15.3. The monoisotopic (exact) mass is 221 g/mol. The van der Waals surface area contributed by atoms with Crippen LogP contribution in [0.1, 0.15) is 51.3 Å². The Kier molecular flexibility index (Phi) is 3.06. The molecule has 1 aromatic heterocycles. The number of hydrogen-bond acceptors (Lipinski definition) is 2. The van der Waals surface area contributed by atoms with Crippen LogP contribution in [-0.4, -0.2) is 9.78 Å². The lowest BCUT2D eigenvalue weighted by molar-refractivity contribution is 0.110. The average Bonchev–Trinajstić information content (AvgIpc) is 2.63. The van der Waals surface area contributed by atoms with Crippen molar-refractivity contribution in [1.29, 1.82) is 0 Å². The number of rotatable bonds is 2. The van der Waals surface area contributed by atoms with Gasteiger partial charge in [-0.15, -0.1) is 0 Å². The molecule has 0 spiro atoms. The third kappa shape index (κ3) is 2.01. The predicted molar refractivity (Wildman–Crippen MR) is 65.9 cm³/mol. The van der Waals surface area contributed by atoms with Crippen molar-refractivity contribution in [3.05, 3.63) is 18.0 Å². The molecule has 0 aromatic carbocycles. The molecule has 2 N–H and O–H groups in total. The van der Waals surface area contributed by atoms with E-state index in [-0.39, 0.29) is 6.04 Å². The summed E-state index contributed by atoms with van der Waals surface area (Å²) in [6, 6.07) is 2.18. The van der Waals surface area contributed by atoms with E-state index in [4.69, 9.17) is 5.73 Å². The molecule has 0 amide bonds. The molecule has 3 nitrogen and oxygen atoms in total. The van der Waals surface area contributed by atoms with E-state index in [1.165, 1.54) is 31.4 Å². The summed E-state index contributed by atoms with van der Waals surface area (Å²) in [5.74, 6) is 0.580. The number of nitrogens with zero attached hydrogens (tertiary/aromatic N) is 2. The third-order valence-corrected chi connectivity index (χ3v) is 4.22. The van der Waals surface area contributed by atoms with Crippen molar-refractivity contribution in [2.24, 2.45) is 24.1 Å². The molecule has 1 heterocycles. The van der Waals surface area contributed by atoms with E-state index in [0.29, 0.717) is 11.3 Å². The Morgan fingerprint density at radius 2 is 2.25 bits per heavy atom. The normalized spacial score (nSPS) is 26.6. The minimum absolute atomic E-state index is 0.128. The topological polar surface area (TPSA) is 43.8 Å². The van der Waals surface area contributed by atoms with Gasteiger partial charge in [-0.3, -0.25) is 4.68 Å². The van der Waals surface area contributed by atoms with Crippen LogP contribution >= 0.6 is 0 Å². The minimum atomic E-state index is 0.128. The van der Waals surface area contributed by atoms with Gasteiger partial charge in [0.25, 0.3) is 0 Å². The van der Waals surface area contributed by atoms with Crippen molar-refractivity contribution < 1.29 is 0 Å². The van der Waals surface area contributed by atoms with Crippen LogP contribution in [0, 0.1) is 11.3 Å². The molecule has 1 aliphatic carbocycles. The molecule has 0 aliphatic heterocycles. The fraction of sp³-hybridized carbons (Fsp3) is 0.769. The predicted octanol–water partition coefficient (Wildman–Crippen LogP) is 2.64. The van der Waals surface area contributed by atoms with Crippen LogP contribution < -0.4 is 5.73 Å². The Bertz CT molecular complexity index is 354. The van der Waals surface area contributed by atoms with E-state index < -0.39 is 0 Å². The molecule has 0 bridgehead atoms. The molecule has 3 heteroatoms. The summed E-state index contributed by atoms with van der Waals surface area (Å²) in [5.41, 5.74) is 7.96. The second kappa shape index (κ2) is 4.21. The Labute approximate surface area is 98.0 Å². The van der Waals surface area contributed by atoms with Crippen molar-refractivity contribution in [3.63, 3.8) is 0 Å². The van der Waals surface area contributed by atoms with Crippen LogP contribution in [0.25, 0.3) is 0 Å². The van der Waals surface area contributed by atoms with E-state index in [0.717, 1.165) is 0 Å². The van der Waals surface area contributed by atoms with Crippen molar-refractivity contribution >= 4 is 0 Å². The molecule has 2 unspecified atom stereocenters. The van der Waals surface area contributed by atoms with Gasteiger partial charge in [0, 0.05) is 13.2 Å². The lowest BCUT2D eigenvalue weighted by Crippen LogP contribution is -2.37.